The lowest BCUT2D eigenvalue weighted by Gasteiger charge is -2.25. The number of alkyl carbamates (subject to hydrolysis) is 1. The summed E-state index contributed by atoms with van der Waals surface area (Å²) < 4.78 is 5.06. The molecular weight excluding hydrogens is 170 g/mol. The number of carbonyl (C=O) groups is 1. The Bertz CT molecular complexity index is 195. The first-order chi connectivity index (χ1) is 6.12. The predicted molar refractivity (Wildman–Crippen MR) is 48.4 cm³/mol. The smallest absolute Gasteiger partial charge is 0.408 e. The van der Waals surface area contributed by atoms with Crippen LogP contribution in [-0.2, 0) is 4.74 Å². The van der Waals surface area contributed by atoms with Gasteiger partial charge in [0.25, 0.3) is 0 Å². The first-order valence-corrected chi connectivity index (χ1v) is 4.72. The van der Waals surface area contributed by atoms with E-state index in [-0.39, 0.29) is 12.7 Å². The molecule has 13 heavy (non-hydrogen) atoms. The SMILES string of the molecule is CCCC[C@H]1OC(=O)N[C@@]1(C)CO. The topological polar surface area (TPSA) is 58.6 Å². The van der Waals surface area contributed by atoms with Crippen molar-refractivity contribution in [2.45, 2.75) is 44.8 Å². The summed E-state index contributed by atoms with van der Waals surface area (Å²) in [5.74, 6) is 0. The summed E-state index contributed by atoms with van der Waals surface area (Å²) in [6, 6.07) is 0. The van der Waals surface area contributed by atoms with Crippen molar-refractivity contribution in [3.8, 4) is 0 Å². The average Bonchev–Trinajstić information content (AvgIpc) is 2.39. The minimum absolute atomic E-state index is 0.0763. The Morgan fingerprint density at radius 2 is 2.38 bits per heavy atom. The Morgan fingerprint density at radius 1 is 1.69 bits per heavy atom. The van der Waals surface area contributed by atoms with E-state index in [1.54, 1.807) is 6.92 Å². The van der Waals surface area contributed by atoms with Gasteiger partial charge in [0.05, 0.1) is 6.61 Å². The van der Waals surface area contributed by atoms with Gasteiger partial charge in [0.2, 0.25) is 0 Å². The van der Waals surface area contributed by atoms with Crippen molar-refractivity contribution in [2.75, 3.05) is 6.61 Å². The lowest BCUT2D eigenvalue weighted by atomic mass is 9.93. The molecule has 1 amide bonds. The van der Waals surface area contributed by atoms with Gasteiger partial charge in [-0.15, -0.1) is 0 Å². The zero-order chi connectivity index (χ0) is 9.90. The number of aliphatic hydroxyl groups excluding tert-OH is 1. The number of cyclic esters (lactones) is 1. The van der Waals surface area contributed by atoms with Gasteiger partial charge in [0.1, 0.15) is 11.6 Å². The van der Waals surface area contributed by atoms with Gasteiger partial charge in [-0.25, -0.2) is 4.79 Å². The first-order valence-electron chi connectivity index (χ1n) is 4.72. The van der Waals surface area contributed by atoms with E-state index >= 15 is 0 Å². The van der Waals surface area contributed by atoms with Crippen LogP contribution in [0.1, 0.15) is 33.1 Å². The quantitative estimate of drug-likeness (QED) is 0.691. The first kappa shape index (κ1) is 10.3. The van der Waals surface area contributed by atoms with Crippen LogP contribution in [-0.4, -0.2) is 29.4 Å². The van der Waals surface area contributed by atoms with Crippen molar-refractivity contribution >= 4 is 6.09 Å². The van der Waals surface area contributed by atoms with Gasteiger partial charge in [-0.1, -0.05) is 13.3 Å². The van der Waals surface area contributed by atoms with Gasteiger partial charge in [-0.05, 0) is 19.8 Å². The lowest BCUT2D eigenvalue weighted by Crippen LogP contribution is -2.48. The fraction of sp³-hybridized carbons (Fsp3) is 0.889. The molecule has 0 aromatic rings. The third kappa shape index (κ3) is 2.12. The van der Waals surface area contributed by atoms with Crippen molar-refractivity contribution in [1.29, 1.82) is 0 Å². The molecule has 4 nitrogen and oxygen atoms in total. The molecule has 76 valence electrons. The van der Waals surface area contributed by atoms with E-state index in [4.69, 9.17) is 9.84 Å². The maximum atomic E-state index is 10.9. The van der Waals surface area contributed by atoms with E-state index in [0.29, 0.717) is 0 Å². The molecule has 1 aliphatic heterocycles. The van der Waals surface area contributed by atoms with Crippen LogP contribution in [0.5, 0.6) is 0 Å². The van der Waals surface area contributed by atoms with E-state index in [1.165, 1.54) is 0 Å². The number of amides is 1. The minimum Gasteiger partial charge on any atom is -0.444 e. The molecule has 4 heteroatoms. The molecule has 0 aromatic heterocycles. The molecule has 0 aliphatic carbocycles. The van der Waals surface area contributed by atoms with E-state index in [2.05, 4.69) is 12.2 Å². The van der Waals surface area contributed by atoms with Crippen LogP contribution in [0.25, 0.3) is 0 Å². The summed E-state index contributed by atoms with van der Waals surface area (Å²) in [4.78, 5) is 10.9. The summed E-state index contributed by atoms with van der Waals surface area (Å²) in [6.07, 6.45) is 2.28. The number of aliphatic hydroxyl groups is 1. The molecule has 1 saturated heterocycles. The Labute approximate surface area is 78.3 Å². The number of carbonyl (C=O) groups excluding carboxylic acids is 1. The molecule has 0 spiro atoms. The van der Waals surface area contributed by atoms with Gasteiger partial charge in [0.15, 0.2) is 0 Å². The van der Waals surface area contributed by atoms with E-state index in [1.807, 2.05) is 0 Å². The van der Waals surface area contributed by atoms with Crippen molar-refractivity contribution in [3.05, 3.63) is 0 Å². The van der Waals surface area contributed by atoms with Crippen molar-refractivity contribution in [3.63, 3.8) is 0 Å². The predicted octanol–water partition coefficient (Wildman–Crippen LogP) is 1.04. The zero-order valence-corrected chi connectivity index (χ0v) is 8.17. The number of unbranched alkanes of at least 4 members (excludes halogenated alkanes) is 1. The Morgan fingerprint density at radius 3 is 2.92 bits per heavy atom. The van der Waals surface area contributed by atoms with Crippen LogP contribution in [0.4, 0.5) is 4.79 Å². The maximum Gasteiger partial charge on any atom is 0.408 e. The van der Waals surface area contributed by atoms with Gasteiger partial charge in [-0.2, -0.15) is 0 Å². The van der Waals surface area contributed by atoms with Crippen molar-refractivity contribution < 1.29 is 14.6 Å². The molecule has 1 aliphatic rings. The van der Waals surface area contributed by atoms with Crippen LogP contribution < -0.4 is 5.32 Å². The summed E-state index contributed by atoms with van der Waals surface area (Å²) in [5, 5.41) is 11.7. The second-order valence-corrected chi connectivity index (χ2v) is 3.74. The van der Waals surface area contributed by atoms with Crippen molar-refractivity contribution in [2.24, 2.45) is 0 Å². The fourth-order valence-corrected chi connectivity index (χ4v) is 1.51. The molecule has 1 rings (SSSR count). The molecule has 0 aromatic carbocycles. The molecule has 2 atom stereocenters. The van der Waals surface area contributed by atoms with Gasteiger partial charge in [-0.3, -0.25) is 0 Å². The number of hydrogen-bond donors (Lipinski definition) is 2. The molecule has 1 heterocycles. The molecular formula is C9H17NO3. The second-order valence-electron chi connectivity index (χ2n) is 3.74. The summed E-state index contributed by atoms with van der Waals surface area (Å²) in [7, 11) is 0. The summed E-state index contributed by atoms with van der Waals surface area (Å²) in [5.41, 5.74) is -0.591. The van der Waals surface area contributed by atoms with Gasteiger partial charge >= 0.3 is 6.09 Å². The van der Waals surface area contributed by atoms with E-state index in [9.17, 15) is 4.79 Å². The Hall–Kier alpha value is -0.770. The number of nitrogens with one attached hydrogen (secondary N) is 1. The molecule has 2 N–H and O–H groups in total. The average molecular weight is 187 g/mol. The van der Waals surface area contributed by atoms with E-state index < -0.39 is 11.6 Å². The van der Waals surface area contributed by atoms with Gasteiger partial charge in [0, 0.05) is 0 Å². The highest BCUT2D eigenvalue weighted by Gasteiger charge is 2.43. The molecule has 0 bridgehead atoms. The highest BCUT2D eigenvalue weighted by molar-refractivity contribution is 5.71. The molecule has 1 fully saturated rings. The normalized spacial score (nSPS) is 32.8. The standard InChI is InChI=1S/C9H17NO3/c1-3-4-5-7-9(2,6-11)10-8(12)13-7/h7,11H,3-6H2,1-2H3,(H,10,12)/t7-,9+/m1/s1. The summed E-state index contributed by atoms with van der Waals surface area (Å²) >= 11 is 0. The highest BCUT2D eigenvalue weighted by Crippen LogP contribution is 2.24. The minimum atomic E-state index is -0.591. The Kier molecular flexibility index (Phi) is 3.14. The van der Waals surface area contributed by atoms with Crippen LogP contribution in [0.15, 0.2) is 0 Å². The second kappa shape index (κ2) is 3.96. The highest BCUT2D eigenvalue weighted by atomic mass is 16.6. The number of rotatable bonds is 4. The zero-order valence-electron chi connectivity index (χ0n) is 8.17. The van der Waals surface area contributed by atoms with Gasteiger partial charge < -0.3 is 15.2 Å². The molecule has 0 unspecified atom stereocenters. The maximum absolute atomic E-state index is 10.9. The lowest BCUT2D eigenvalue weighted by molar-refractivity contribution is 0.0758. The number of hydrogen-bond acceptors (Lipinski definition) is 3. The van der Waals surface area contributed by atoms with Crippen molar-refractivity contribution in [1.82, 2.24) is 5.32 Å². The third-order valence-electron chi connectivity index (χ3n) is 2.50. The number of ether oxygens (including phenoxy) is 1. The molecule has 0 saturated carbocycles. The summed E-state index contributed by atoms with van der Waals surface area (Å²) in [6.45, 7) is 3.81. The largest absolute Gasteiger partial charge is 0.444 e. The van der Waals surface area contributed by atoms with Crippen LogP contribution in [0, 0.1) is 0 Å². The van der Waals surface area contributed by atoms with Crippen LogP contribution >= 0.6 is 0 Å². The fourth-order valence-electron chi connectivity index (χ4n) is 1.51. The van der Waals surface area contributed by atoms with Crippen LogP contribution in [0.2, 0.25) is 0 Å². The van der Waals surface area contributed by atoms with E-state index in [0.717, 1.165) is 19.3 Å². The monoisotopic (exact) mass is 187 g/mol. The Balaban J connectivity index is 2.55. The van der Waals surface area contributed by atoms with Crippen LogP contribution in [0.3, 0.4) is 0 Å². The third-order valence-corrected chi connectivity index (χ3v) is 2.50. The molecule has 0 radical (unpaired) electrons.